The molecule has 1 aromatic rings. The molecule has 2 aliphatic rings. The smallest absolute Gasteiger partial charge is 0.161 e. The number of fused-ring (bicyclic) bond motifs is 1. The largest absolute Gasteiger partial charge is 0.493 e. The predicted molar refractivity (Wildman–Crippen MR) is 90.3 cm³/mol. The van der Waals surface area contributed by atoms with Crippen LogP contribution in [0.15, 0.2) is 18.2 Å². The summed E-state index contributed by atoms with van der Waals surface area (Å²) in [7, 11) is 3.34. The molecule has 2 fully saturated rings. The average Bonchev–Trinajstić information content (AvgIpc) is 2.94. The van der Waals surface area contributed by atoms with E-state index in [0.29, 0.717) is 30.7 Å². The minimum Gasteiger partial charge on any atom is -0.493 e. The van der Waals surface area contributed by atoms with Crippen molar-refractivity contribution >= 4 is 5.78 Å². The molecule has 0 bridgehead atoms. The minimum atomic E-state index is 0.0672. The van der Waals surface area contributed by atoms with Crippen molar-refractivity contribution < 1.29 is 14.3 Å². The Hall–Kier alpha value is -1.55. The Morgan fingerprint density at radius 3 is 2.57 bits per heavy atom. The average molecular weight is 317 g/mol. The highest BCUT2D eigenvalue weighted by Crippen LogP contribution is 2.50. The minimum absolute atomic E-state index is 0.0672. The van der Waals surface area contributed by atoms with Crippen molar-refractivity contribution in [3.05, 3.63) is 23.8 Å². The van der Waals surface area contributed by atoms with Crippen LogP contribution in [0.25, 0.3) is 0 Å². The number of carbonyl (C=O) groups excluding carboxylic acids is 1. The Morgan fingerprint density at radius 2 is 1.91 bits per heavy atom. The van der Waals surface area contributed by atoms with Crippen LogP contribution in [0.5, 0.6) is 11.5 Å². The monoisotopic (exact) mass is 317 g/mol. The third kappa shape index (κ3) is 2.63. The maximum absolute atomic E-state index is 12.1. The molecule has 4 heteroatoms. The van der Waals surface area contributed by atoms with Gasteiger partial charge in [0, 0.05) is 30.3 Å². The summed E-state index contributed by atoms with van der Waals surface area (Å²) in [4.78, 5) is 14.6. The van der Waals surface area contributed by atoms with E-state index in [0.717, 1.165) is 30.9 Å². The zero-order valence-electron chi connectivity index (χ0n) is 14.6. The number of methoxy groups -OCH3 is 2. The second-order valence-corrected chi connectivity index (χ2v) is 7.07. The van der Waals surface area contributed by atoms with Gasteiger partial charge in [-0.1, -0.05) is 6.07 Å². The van der Waals surface area contributed by atoms with Crippen molar-refractivity contribution in [3.8, 4) is 11.5 Å². The van der Waals surface area contributed by atoms with Crippen molar-refractivity contribution in [1.29, 1.82) is 0 Å². The maximum atomic E-state index is 12.1. The standard InChI is InChI=1S/C19H27NO3/c1-13(2)20-10-9-19(8-7-15(21)12-18(19)20)14-5-6-16(22-3)17(11-14)23-4/h5-6,11,13,18H,7-10,12H2,1-4H3/t18-,19-/m1/s1. The topological polar surface area (TPSA) is 38.8 Å². The lowest BCUT2D eigenvalue weighted by molar-refractivity contribution is -0.123. The number of Topliss-reactive ketones (excluding diaryl/α,β-unsaturated/α-hetero) is 1. The Bertz CT molecular complexity index is 598. The third-order valence-electron chi connectivity index (χ3n) is 5.75. The number of benzene rings is 1. The zero-order valence-corrected chi connectivity index (χ0v) is 14.6. The van der Waals surface area contributed by atoms with Crippen LogP contribution in [-0.4, -0.2) is 43.5 Å². The van der Waals surface area contributed by atoms with E-state index in [9.17, 15) is 4.79 Å². The van der Waals surface area contributed by atoms with E-state index in [1.165, 1.54) is 5.56 Å². The van der Waals surface area contributed by atoms with Crippen LogP contribution in [0.3, 0.4) is 0 Å². The first kappa shape index (κ1) is 16.3. The van der Waals surface area contributed by atoms with Crippen LogP contribution in [-0.2, 0) is 10.2 Å². The number of nitrogens with zero attached hydrogens (tertiary/aromatic N) is 1. The lowest BCUT2D eigenvalue weighted by Gasteiger charge is -2.43. The molecule has 3 rings (SSSR count). The van der Waals surface area contributed by atoms with Crippen molar-refractivity contribution in [2.75, 3.05) is 20.8 Å². The highest BCUT2D eigenvalue weighted by molar-refractivity contribution is 5.81. The molecule has 0 N–H and O–H groups in total. The summed E-state index contributed by atoms with van der Waals surface area (Å²) < 4.78 is 10.9. The molecule has 1 aromatic carbocycles. The molecule has 0 aromatic heterocycles. The Kier molecular flexibility index (Phi) is 4.37. The summed E-state index contributed by atoms with van der Waals surface area (Å²) in [5, 5.41) is 0. The number of likely N-dealkylation sites (tertiary alicyclic amines) is 1. The SMILES string of the molecule is COc1ccc([C@]23CCC(=O)C[C@H]2N(C(C)C)CC3)cc1OC. The molecular weight excluding hydrogens is 290 g/mol. The summed E-state index contributed by atoms with van der Waals surface area (Å²) in [6.45, 7) is 5.51. The molecular formula is C19H27NO3. The van der Waals surface area contributed by atoms with Gasteiger partial charge in [-0.3, -0.25) is 9.69 Å². The van der Waals surface area contributed by atoms with Crippen LogP contribution in [0, 0.1) is 0 Å². The van der Waals surface area contributed by atoms with E-state index in [1.54, 1.807) is 14.2 Å². The fraction of sp³-hybridized carbons (Fsp3) is 0.632. The van der Waals surface area contributed by atoms with E-state index in [4.69, 9.17) is 9.47 Å². The molecule has 4 nitrogen and oxygen atoms in total. The number of carbonyl (C=O) groups is 1. The van der Waals surface area contributed by atoms with Crippen molar-refractivity contribution in [1.82, 2.24) is 4.90 Å². The van der Waals surface area contributed by atoms with Crippen LogP contribution >= 0.6 is 0 Å². The first-order chi connectivity index (χ1) is 11.0. The molecule has 0 unspecified atom stereocenters. The van der Waals surface area contributed by atoms with Gasteiger partial charge in [-0.05, 0) is 50.9 Å². The number of hydrogen-bond donors (Lipinski definition) is 0. The number of ether oxygens (including phenoxy) is 2. The zero-order chi connectivity index (χ0) is 16.6. The summed E-state index contributed by atoms with van der Waals surface area (Å²) in [5.41, 5.74) is 1.35. The molecule has 0 amide bonds. The molecule has 0 radical (unpaired) electrons. The molecule has 1 heterocycles. The molecule has 1 saturated heterocycles. The quantitative estimate of drug-likeness (QED) is 0.855. The Labute approximate surface area is 138 Å². The van der Waals surface area contributed by atoms with Crippen LogP contribution < -0.4 is 9.47 Å². The normalized spacial score (nSPS) is 28.0. The third-order valence-corrected chi connectivity index (χ3v) is 5.75. The van der Waals surface area contributed by atoms with E-state index in [1.807, 2.05) is 6.07 Å². The van der Waals surface area contributed by atoms with Crippen molar-refractivity contribution in [2.45, 2.75) is 57.0 Å². The highest BCUT2D eigenvalue weighted by atomic mass is 16.5. The van der Waals surface area contributed by atoms with Gasteiger partial charge >= 0.3 is 0 Å². The molecule has 126 valence electrons. The Morgan fingerprint density at radius 1 is 1.17 bits per heavy atom. The first-order valence-corrected chi connectivity index (χ1v) is 8.52. The van der Waals surface area contributed by atoms with Crippen LogP contribution in [0.2, 0.25) is 0 Å². The van der Waals surface area contributed by atoms with E-state index >= 15 is 0 Å². The fourth-order valence-electron chi connectivity index (χ4n) is 4.50. The van der Waals surface area contributed by atoms with Gasteiger partial charge in [-0.15, -0.1) is 0 Å². The van der Waals surface area contributed by atoms with E-state index in [2.05, 4.69) is 30.9 Å². The van der Waals surface area contributed by atoms with Gasteiger partial charge in [0.1, 0.15) is 5.78 Å². The van der Waals surface area contributed by atoms with Gasteiger partial charge in [-0.2, -0.15) is 0 Å². The predicted octanol–water partition coefficient (Wildman–Crippen LogP) is 3.18. The second-order valence-electron chi connectivity index (χ2n) is 7.07. The van der Waals surface area contributed by atoms with E-state index < -0.39 is 0 Å². The Balaban J connectivity index is 2.03. The second kappa shape index (κ2) is 6.16. The van der Waals surface area contributed by atoms with Gasteiger partial charge in [0.05, 0.1) is 14.2 Å². The van der Waals surface area contributed by atoms with Gasteiger partial charge in [0.15, 0.2) is 11.5 Å². The summed E-state index contributed by atoms with van der Waals surface area (Å²) >= 11 is 0. The lowest BCUT2D eigenvalue weighted by atomic mass is 9.66. The number of hydrogen-bond acceptors (Lipinski definition) is 4. The maximum Gasteiger partial charge on any atom is 0.161 e. The van der Waals surface area contributed by atoms with E-state index in [-0.39, 0.29) is 5.41 Å². The van der Waals surface area contributed by atoms with Crippen molar-refractivity contribution in [3.63, 3.8) is 0 Å². The van der Waals surface area contributed by atoms with Gasteiger partial charge < -0.3 is 9.47 Å². The molecule has 2 atom stereocenters. The number of ketones is 1. The fourth-order valence-corrected chi connectivity index (χ4v) is 4.50. The molecule has 0 spiro atoms. The van der Waals surface area contributed by atoms with Crippen LogP contribution in [0.4, 0.5) is 0 Å². The first-order valence-electron chi connectivity index (χ1n) is 8.52. The summed E-state index contributed by atoms with van der Waals surface area (Å²) in [6, 6.07) is 7.04. The molecule has 23 heavy (non-hydrogen) atoms. The van der Waals surface area contributed by atoms with Gasteiger partial charge in [0.25, 0.3) is 0 Å². The lowest BCUT2D eigenvalue weighted by Crippen LogP contribution is -2.49. The number of rotatable bonds is 4. The summed E-state index contributed by atoms with van der Waals surface area (Å²) in [6.07, 6.45) is 3.41. The molecule has 1 saturated carbocycles. The van der Waals surface area contributed by atoms with Crippen molar-refractivity contribution in [2.24, 2.45) is 0 Å². The highest BCUT2D eigenvalue weighted by Gasteiger charge is 2.51. The van der Waals surface area contributed by atoms with Gasteiger partial charge in [-0.25, -0.2) is 0 Å². The summed E-state index contributed by atoms with van der Waals surface area (Å²) in [5.74, 6) is 1.94. The molecule has 1 aliphatic heterocycles. The molecule has 1 aliphatic carbocycles. The van der Waals surface area contributed by atoms with Crippen LogP contribution in [0.1, 0.15) is 45.1 Å². The van der Waals surface area contributed by atoms with Gasteiger partial charge in [0.2, 0.25) is 0 Å².